The van der Waals surface area contributed by atoms with Gasteiger partial charge in [0, 0.05) is 87.3 Å². The number of unbranched alkanes of at least 4 members (excludes halogenated alkanes) is 1. The average molecular weight is 656 g/mol. The Kier molecular flexibility index (Phi) is 21.4. The number of nitrogens with one attached hydrogen (secondary N) is 2. The van der Waals surface area contributed by atoms with E-state index in [4.69, 9.17) is 45.4 Å². The number of hydrogen-bond donors (Lipinski definition) is 3. The SMILES string of the molecule is COCCCC(NC(=S)CCCCOC1CC(OC(C)=O)C(OC(C)=O)C(COC(C)=O)O1)C(NO)OC.[Y]. The smallest absolute Gasteiger partial charge is 0.303 e. The van der Waals surface area contributed by atoms with Crippen molar-refractivity contribution in [2.45, 2.75) is 96.2 Å². The Hall–Kier alpha value is -0.836. The summed E-state index contributed by atoms with van der Waals surface area (Å²) in [5.74, 6) is -1.66. The fourth-order valence-corrected chi connectivity index (χ4v) is 4.23. The van der Waals surface area contributed by atoms with Crippen LogP contribution in [0.1, 0.15) is 59.3 Å². The minimum Gasteiger partial charge on any atom is -0.463 e. The number of ether oxygens (including phenoxy) is 7. The van der Waals surface area contributed by atoms with E-state index in [0.29, 0.717) is 43.9 Å². The Morgan fingerprint density at radius 1 is 1.03 bits per heavy atom. The molecule has 1 saturated heterocycles. The molecule has 1 heterocycles. The molecular weight excluding hydrogens is 613 g/mol. The molecule has 0 saturated carbocycles. The molecule has 13 nitrogen and oxygen atoms in total. The van der Waals surface area contributed by atoms with Crippen molar-refractivity contribution in [2.24, 2.45) is 0 Å². The minimum atomic E-state index is -0.944. The van der Waals surface area contributed by atoms with Gasteiger partial charge in [0.1, 0.15) is 25.0 Å². The summed E-state index contributed by atoms with van der Waals surface area (Å²) in [6.45, 7) is 4.44. The van der Waals surface area contributed by atoms with Crippen LogP contribution in [0.25, 0.3) is 0 Å². The van der Waals surface area contributed by atoms with E-state index in [1.807, 2.05) is 0 Å². The van der Waals surface area contributed by atoms with Crippen LogP contribution < -0.4 is 10.8 Å². The first-order chi connectivity index (χ1) is 18.1. The quantitative estimate of drug-likeness (QED) is 0.0485. The number of carbonyl (C=O) groups is 3. The summed E-state index contributed by atoms with van der Waals surface area (Å²) in [5, 5.41) is 12.6. The third kappa shape index (κ3) is 16.3. The van der Waals surface area contributed by atoms with Crippen LogP contribution in [0.5, 0.6) is 0 Å². The first-order valence-electron chi connectivity index (χ1n) is 12.6. The molecule has 0 aromatic heterocycles. The van der Waals surface area contributed by atoms with E-state index in [0.717, 1.165) is 6.42 Å². The van der Waals surface area contributed by atoms with Crippen molar-refractivity contribution in [1.29, 1.82) is 0 Å². The van der Waals surface area contributed by atoms with Crippen molar-refractivity contribution < 1.29 is 85.5 Å². The minimum absolute atomic E-state index is 0. The van der Waals surface area contributed by atoms with Crippen molar-refractivity contribution in [2.75, 3.05) is 34.0 Å². The molecule has 6 atom stereocenters. The zero-order chi connectivity index (χ0) is 28.5. The van der Waals surface area contributed by atoms with Crippen molar-refractivity contribution in [3.05, 3.63) is 0 Å². The van der Waals surface area contributed by atoms with Crippen LogP contribution in [0.2, 0.25) is 0 Å². The molecule has 0 spiro atoms. The first kappa shape index (κ1) is 38.2. The molecule has 0 amide bonds. The summed E-state index contributed by atoms with van der Waals surface area (Å²) in [5.41, 5.74) is 2.14. The van der Waals surface area contributed by atoms with Crippen LogP contribution >= 0.6 is 12.2 Å². The second-order valence-corrected chi connectivity index (χ2v) is 9.28. The van der Waals surface area contributed by atoms with Gasteiger partial charge in [-0.1, -0.05) is 12.2 Å². The van der Waals surface area contributed by atoms with Crippen LogP contribution in [-0.4, -0.2) is 99.0 Å². The topological polar surface area (TPSA) is 160 Å². The molecule has 0 aromatic carbocycles. The predicted octanol–water partition coefficient (Wildman–Crippen LogP) is 1.38. The van der Waals surface area contributed by atoms with Crippen LogP contribution in [0.15, 0.2) is 0 Å². The van der Waals surface area contributed by atoms with Gasteiger partial charge in [0.15, 0.2) is 12.4 Å². The first-order valence-corrected chi connectivity index (χ1v) is 13.0. The third-order valence-corrected chi connectivity index (χ3v) is 5.93. The van der Waals surface area contributed by atoms with Gasteiger partial charge < -0.3 is 43.7 Å². The summed E-state index contributed by atoms with van der Waals surface area (Å²) in [6, 6.07) is -0.239. The number of hydrogen-bond acceptors (Lipinski definition) is 13. The summed E-state index contributed by atoms with van der Waals surface area (Å²) in [4.78, 5) is 35.2. The molecule has 1 rings (SSSR count). The molecule has 0 bridgehead atoms. The van der Waals surface area contributed by atoms with Crippen molar-refractivity contribution >= 4 is 35.1 Å². The van der Waals surface area contributed by atoms with E-state index in [-0.39, 0.29) is 51.8 Å². The summed E-state index contributed by atoms with van der Waals surface area (Å²) < 4.78 is 37.8. The maximum Gasteiger partial charge on any atom is 0.303 e. The fourth-order valence-electron chi connectivity index (χ4n) is 3.94. The third-order valence-electron chi connectivity index (χ3n) is 5.61. The fraction of sp³-hybridized carbons (Fsp3) is 0.833. The summed E-state index contributed by atoms with van der Waals surface area (Å²) in [7, 11) is 3.12. The zero-order valence-corrected chi connectivity index (χ0v) is 27.0. The molecule has 0 aliphatic carbocycles. The standard InChI is InChI=1S/C24H42N2O11S.Y/c1-15(27)34-14-20-23(36-17(3)29)19(35-16(2)28)13-22(37-20)33-12-7-6-10-21(38)25-18(9-8-11-31-4)24(26-30)32-5;/h18-20,22-24,26,30H,6-14H2,1-5H3,(H,25,38);. The maximum absolute atomic E-state index is 11.6. The largest absolute Gasteiger partial charge is 0.463 e. The molecule has 39 heavy (non-hydrogen) atoms. The van der Waals surface area contributed by atoms with Gasteiger partial charge in [-0.05, 0) is 32.1 Å². The Labute approximate surface area is 260 Å². The molecule has 1 fully saturated rings. The molecule has 15 heteroatoms. The second kappa shape index (κ2) is 21.9. The van der Waals surface area contributed by atoms with Gasteiger partial charge in [-0.2, -0.15) is 5.48 Å². The average Bonchev–Trinajstić information content (AvgIpc) is 2.84. The Bertz CT molecular complexity index is 745. The van der Waals surface area contributed by atoms with E-state index < -0.39 is 48.7 Å². The summed E-state index contributed by atoms with van der Waals surface area (Å²) in [6.07, 6.45) is -0.486. The van der Waals surface area contributed by atoms with Gasteiger partial charge in [-0.15, -0.1) is 0 Å². The molecular formula is C24H42N2O11SY. The van der Waals surface area contributed by atoms with E-state index >= 15 is 0 Å². The number of thiocarbonyl (C=S) groups is 1. The summed E-state index contributed by atoms with van der Waals surface area (Å²) >= 11 is 5.46. The van der Waals surface area contributed by atoms with Gasteiger partial charge in [0.2, 0.25) is 0 Å². The van der Waals surface area contributed by atoms with Crippen LogP contribution in [-0.2, 0) is 80.3 Å². The molecule has 0 aromatic rings. The van der Waals surface area contributed by atoms with Crippen LogP contribution in [0, 0.1) is 0 Å². The predicted molar refractivity (Wildman–Crippen MR) is 137 cm³/mol. The number of methoxy groups -OCH3 is 2. The molecule has 6 unspecified atom stereocenters. The molecule has 1 radical (unpaired) electrons. The monoisotopic (exact) mass is 655 g/mol. The van der Waals surface area contributed by atoms with Crippen molar-refractivity contribution in [3.8, 4) is 0 Å². The van der Waals surface area contributed by atoms with E-state index in [1.54, 1.807) is 7.11 Å². The molecule has 3 N–H and O–H groups in total. The van der Waals surface area contributed by atoms with Gasteiger partial charge in [0.05, 0.1) is 11.0 Å². The Morgan fingerprint density at radius 2 is 1.72 bits per heavy atom. The van der Waals surface area contributed by atoms with E-state index in [9.17, 15) is 19.6 Å². The van der Waals surface area contributed by atoms with Gasteiger partial charge in [-0.25, -0.2) is 0 Å². The van der Waals surface area contributed by atoms with E-state index in [1.165, 1.54) is 27.9 Å². The van der Waals surface area contributed by atoms with Gasteiger partial charge in [-0.3, -0.25) is 14.4 Å². The van der Waals surface area contributed by atoms with E-state index in [2.05, 4.69) is 10.8 Å². The zero-order valence-electron chi connectivity index (χ0n) is 23.3. The molecule has 1 aliphatic heterocycles. The number of hydroxylamine groups is 1. The maximum atomic E-state index is 11.6. The number of esters is 3. The number of rotatable bonds is 18. The van der Waals surface area contributed by atoms with Gasteiger partial charge >= 0.3 is 17.9 Å². The van der Waals surface area contributed by atoms with Crippen LogP contribution in [0.3, 0.4) is 0 Å². The van der Waals surface area contributed by atoms with Crippen molar-refractivity contribution in [3.63, 3.8) is 0 Å². The Morgan fingerprint density at radius 3 is 2.28 bits per heavy atom. The second-order valence-electron chi connectivity index (χ2n) is 8.79. The van der Waals surface area contributed by atoms with Crippen molar-refractivity contribution in [1.82, 2.24) is 10.8 Å². The number of carbonyl (C=O) groups excluding carboxylic acids is 3. The van der Waals surface area contributed by atoms with Gasteiger partial charge in [0.25, 0.3) is 0 Å². The normalized spacial score (nSPS) is 22.1. The van der Waals surface area contributed by atoms with Crippen LogP contribution in [0.4, 0.5) is 0 Å². The molecule has 223 valence electrons. The Balaban J connectivity index is 0.0000144. The molecule has 1 aliphatic rings.